The molecule has 0 spiro atoms. The van der Waals surface area contributed by atoms with Gasteiger partial charge in [-0.1, -0.05) is 11.6 Å². The molecular formula is C14H18ClN3O3. The van der Waals surface area contributed by atoms with Gasteiger partial charge in [-0.15, -0.1) is 0 Å². The van der Waals surface area contributed by atoms with Crippen LogP contribution in [0.25, 0.3) is 0 Å². The van der Waals surface area contributed by atoms with Gasteiger partial charge in [0.25, 0.3) is 0 Å². The third kappa shape index (κ3) is 4.09. The molecule has 3 amide bonds. The smallest absolute Gasteiger partial charge is 0.325 e. The first-order chi connectivity index (χ1) is 10.1. The Labute approximate surface area is 128 Å². The number of hydrogen-bond donors (Lipinski definition) is 2. The molecule has 0 unspecified atom stereocenters. The van der Waals surface area contributed by atoms with Crippen molar-refractivity contribution in [2.24, 2.45) is 0 Å². The largest absolute Gasteiger partial charge is 0.396 e. The van der Waals surface area contributed by atoms with E-state index in [0.717, 1.165) is 5.69 Å². The van der Waals surface area contributed by atoms with E-state index >= 15 is 0 Å². The molecule has 6 nitrogen and oxygen atoms in total. The second-order valence-electron chi connectivity index (χ2n) is 4.76. The molecule has 114 valence electrons. The lowest BCUT2D eigenvalue weighted by atomic mass is 10.3. The molecule has 0 saturated carbocycles. The molecule has 1 saturated heterocycles. The quantitative estimate of drug-likeness (QED) is 0.772. The summed E-state index contributed by atoms with van der Waals surface area (Å²) in [5.74, 6) is -0.213. The summed E-state index contributed by atoms with van der Waals surface area (Å²) in [5.41, 5.74) is 0.771. The van der Waals surface area contributed by atoms with Gasteiger partial charge in [0.05, 0.1) is 0 Å². The van der Waals surface area contributed by atoms with E-state index < -0.39 is 0 Å². The highest BCUT2D eigenvalue weighted by Gasteiger charge is 2.30. The van der Waals surface area contributed by atoms with Crippen molar-refractivity contribution < 1.29 is 14.7 Å². The second-order valence-corrected chi connectivity index (χ2v) is 5.20. The van der Waals surface area contributed by atoms with Crippen LogP contribution in [0.3, 0.4) is 0 Å². The van der Waals surface area contributed by atoms with Crippen molar-refractivity contribution in [1.82, 2.24) is 10.2 Å². The van der Waals surface area contributed by atoms with E-state index in [0.29, 0.717) is 31.1 Å². The molecule has 2 N–H and O–H groups in total. The average molecular weight is 312 g/mol. The number of amides is 3. The summed E-state index contributed by atoms with van der Waals surface area (Å²) in [6.07, 6.45) is 0.511. The predicted octanol–water partition coefficient (Wildman–Crippen LogP) is 1.08. The van der Waals surface area contributed by atoms with Crippen molar-refractivity contribution >= 4 is 29.2 Å². The van der Waals surface area contributed by atoms with Gasteiger partial charge in [0.15, 0.2) is 0 Å². The highest BCUT2D eigenvalue weighted by Crippen LogP contribution is 2.22. The molecule has 0 aliphatic carbocycles. The number of carbonyl (C=O) groups is 2. The normalized spacial score (nSPS) is 14.7. The Kier molecular flexibility index (Phi) is 5.41. The highest BCUT2D eigenvalue weighted by molar-refractivity contribution is 6.30. The van der Waals surface area contributed by atoms with Crippen LogP contribution >= 0.6 is 11.6 Å². The lowest BCUT2D eigenvalue weighted by Crippen LogP contribution is -2.40. The number of rotatable bonds is 6. The summed E-state index contributed by atoms with van der Waals surface area (Å²) in [4.78, 5) is 27.1. The SMILES string of the molecule is O=C(CN1CCN(c2ccc(Cl)cc2)C1=O)NCCCO. The molecule has 0 bridgehead atoms. The lowest BCUT2D eigenvalue weighted by Gasteiger charge is -2.18. The van der Waals surface area contributed by atoms with E-state index in [1.807, 2.05) is 0 Å². The monoisotopic (exact) mass is 311 g/mol. The Hall–Kier alpha value is -1.79. The van der Waals surface area contributed by atoms with Crippen molar-refractivity contribution in [2.45, 2.75) is 6.42 Å². The van der Waals surface area contributed by atoms with Gasteiger partial charge >= 0.3 is 6.03 Å². The predicted molar refractivity (Wildman–Crippen MR) is 80.5 cm³/mol. The highest BCUT2D eigenvalue weighted by atomic mass is 35.5. The maximum Gasteiger partial charge on any atom is 0.325 e. The van der Waals surface area contributed by atoms with Crippen molar-refractivity contribution in [1.29, 1.82) is 0 Å². The molecule has 0 atom stereocenters. The van der Waals surface area contributed by atoms with Crippen LogP contribution in [0.4, 0.5) is 10.5 Å². The molecular weight excluding hydrogens is 294 g/mol. The summed E-state index contributed by atoms with van der Waals surface area (Å²) in [6.45, 7) is 1.54. The standard InChI is InChI=1S/C14H18ClN3O3/c15-11-2-4-12(5-3-11)18-8-7-17(14(18)21)10-13(20)16-6-1-9-19/h2-5,19H,1,6-10H2,(H,16,20). The van der Waals surface area contributed by atoms with Crippen molar-refractivity contribution in [3.8, 4) is 0 Å². The summed E-state index contributed by atoms with van der Waals surface area (Å²) < 4.78 is 0. The molecule has 0 radical (unpaired) electrons. The number of urea groups is 1. The summed E-state index contributed by atoms with van der Waals surface area (Å²) in [5, 5.41) is 11.9. The molecule has 1 aliphatic rings. The van der Waals surface area contributed by atoms with Gasteiger partial charge in [-0.2, -0.15) is 0 Å². The summed E-state index contributed by atoms with van der Waals surface area (Å²) >= 11 is 5.83. The zero-order valence-electron chi connectivity index (χ0n) is 11.6. The fraction of sp³-hybridized carbons (Fsp3) is 0.429. The van der Waals surface area contributed by atoms with Crippen LogP contribution in [0.2, 0.25) is 5.02 Å². The van der Waals surface area contributed by atoms with Crippen LogP contribution < -0.4 is 10.2 Å². The number of benzene rings is 1. The van der Waals surface area contributed by atoms with Gasteiger partial charge in [0.2, 0.25) is 5.91 Å². The number of carbonyl (C=O) groups excluding carboxylic acids is 2. The van der Waals surface area contributed by atoms with Crippen molar-refractivity contribution in [2.75, 3.05) is 37.7 Å². The fourth-order valence-corrected chi connectivity index (χ4v) is 2.25. The minimum atomic E-state index is -0.213. The van der Waals surface area contributed by atoms with Crippen LogP contribution in [-0.2, 0) is 4.79 Å². The average Bonchev–Trinajstić information content (AvgIpc) is 2.82. The van der Waals surface area contributed by atoms with Gasteiger partial charge in [-0.05, 0) is 30.7 Å². The third-order valence-electron chi connectivity index (χ3n) is 3.22. The van der Waals surface area contributed by atoms with E-state index in [1.54, 1.807) is 29.2 Å². The van der Waals surface area contributed by atoms with Crippen LogP contribution in [-0.4, -0.2) is 54.7 Å². The van der Waals surface area contributed by atoms with Crippen LogP contribution in [0, 0.1) is 0 Å². The molecule has 0 aromatic heterocycles. The Bertz CT molecular complexity index is 507. The van der Waals surface area contributed by atoms with E-state index in [1.165, 1.54) is 4.90 Å². The number of hydrogen-bond acceptors (Lipinski definition) is 3. The van der Waals surface area contributed by atoms with E-state index in [4.69, 9.17) is 16.7 Å². The molecule has 1 fully saturated rings. The Morgan fingerprint density at radius 3 is 2.67 bits per heavy atom. The first kappa shape index (κ1) is 15.6. The van der Waals surface area contributed by atoms with Gasteiger partial charge in [-0.3, -0.25) is 9.69 Å². The molecule has 1 aromatic carbocycles. The maximum atomic E-state index is 12.3. The minimum absolute atomic E-state index is 0.0350. The second kappa shape index (κ2) is 7.28. The maximum absolute atomic E-state index is 12.3. The molecule has 21 heavy (non-hydrogen) atoms. The molecule has 7 heteroatoms. The Balaban J connectivity index is 1.89. The minimum Gasteiger partial charge on any atom is -0.396 e. The number of aliphatic hydroxyl groups is 1. The van der Waals surface area contributed by atoms with Gasteiger partial charge in [0.1, 0.15) is 6.54 Å². The number of halogens is 1. The van der Waals surface area contributed by atoms with Gasteiger partial charge in [0, 0.05) is 37.0 Å². The first-order valence-corrected chi connectivity index (χ1v) is 7.19. The number of anilines is 1. The number of nitrogens with one attached hydrogen (secondary N) is 1. The van der Waals surface area contributed by atoms with E-state index in [-0.39, 0.29) is 25.1 Å². The Morgan fingerprint density at radius 1 is 1.29 bits per heavy atom. The summed E-state index contributed by atoms with van der Waals surface area (Å²) in [7, 11) is 0. The van der Waals surface area contributed by atoms with Crippen molar-refractivity contribution in [3.05, 3.63) is 29.3 Å². The van der Waals surface area contributed by atoms with Gasteiger partial charge < -0.3 is 15.3 Å². The first-order valence-electron chi connectivity index (χ1n) is 6.81. The lowest BCUT2D eigenvalue weighted by molar-refractivity contribution is -0.121. The van der Waals surface area contributed by atoms with E-state index in [9.17, 15) is 9.59 Å². The molecule has 1 heterocycles. The topological polar surface area (TPSA) is 72.9 Å². The third-order valence-corrected chi connectivity index (χ3v) is 3.48. The number of nitrogens with zero attached hydrogens (tertiary/aromatic N) is 2. The van der Waals surface area contributed by atoms with Crippen molar-refractivity contribution in [3.63, 3.8) is 0 Å². The van der Waals surface area contributed by atoms with Crippen LogP contribution in [0.5, 0.6) is 0 Å². The molecule has 1 aromatic rings. The summed E-state index contributed by atoms with van der Waals surface area (Å²) in [6, 6.07) is 6.84. The molecule has 1 aliphatic heterocycles. The number of aliphatic hydroxyl groups excluding tert-OH is 1. The zero-order chi connectivity index (χ0) is 15.2. The van der Waals surface area contributed by atoms with Gasteiger partial charge in [-0.25, -0.2) is 4.79 Å². The molecule has 2 rings (SSSR count). The zero-order valence-corrected chi connectivity index (χ0v) is 12.3. The van der Waals surface area contributed by atoms with Crippen LogP contribution in [0.1, 0.15) is 6.42 Å². The van der Waals surface area contributed by atoms with E-state index in [2.05, 4.69) is 5.32 Å². The Morgan fingerprint density at radius 2 is 2.00 bits per heavy atom. The van der Waals surface area contributed by atoms with Crippen LogP contribution in [0.15, 0.2) is 24.3 Å². The fourth-order valence-electron chi connectivity index (χ4n) is 2.13.